The first-order valence-corrected chi connectivity index (χ1v) is 7.20. The Kier molecular flexibility index (Phi) is 3.64. The minimum Gasteiger partial charge on any atom is -0.496 e. The fraction of sp³-hybridized carbons (Fsp3) is 0.375. The monoisotopic (exact) mass is 284 g/mol. The third-order valence-corrected chi connectivity index (χ3v) is 3.90. The summed E-state index contributed by atoms with van der Waals surface area (Å²) in [4.78, 5) is 10.8. The number of benzene rings is 1. The van der Waals surface area contributed by atoms with Crippen molar-refractivity contribution in [3.05, 3.63) is 41.6 Å². The van der Waals surface area contributed by atoms with Crippen LogP contribution in [-0.2, 0) is 0 Å². The van der Waals surface area contributed by atoms with Crippen LogP contribution in [0.25, 0.3) is 0 Å². The second-order valence-corrected chi connectivity index (χ2v) is 5.32. The van der Waals surface area contributed by atoms with Crippen molar-refractivity contribution in [3.63, 3.8) is 0 Å². The van der Waals surface area contributed by atoms with E-state index >= 15 is 0 Å². The molecule has 0 saturated carbocycles. The Morgan fingerprint density at radius 1 is 1.29 bits per heavy atom. The Hall–Kier alpha value is -2.30. The summed E-state index contributed by atoms with van der Waals surface area (Å²) in [6.45, 7) is 2.91. The van der Waals surface area contributed by atoms with Gasteiger partial charge in [0.2, 0.25) is 5.95 Å². The Bertz CT molecular complexity index is 624. The highest BCUT2D eigenvalue weighted by Gasteiger charge is 2.29. The lowest BCUT2D eigenvalue weighted by molar-refractivity contribution is 0.405. The van der Waals surface area contributed by atoms with Crippen LogP contribution in [0, 0.1) is 6.92 Å². The maximum Gasteiger partial charge on any atom is 0.222 e. The molecule has 110 valence electrons. The van der Waals surface area contributed by atoms with Gasteiger partial charge in [0.05, 0.1) is 13.2 Å². The van der Waals surface area contributed by atoms with Crippen LogP contribution in [-0.4, -0.2) is 23.6 Å². The van der Waals surface area contributed by atoms with Crippen molar-refractivity contribution in [2.45, 2.75) is 25.8 Å². The SMILES string of the molecule is COc1ccccc1[C@@H]1CCCN1c1cc(C)nc(N)n1. The van der Waals surface area contributed by atoms with Crippen LogP contribution in [0.1, 0.15) is 30.1 Å². The highest BCUT2D eigenvalue weighted by Crippen LogP contribution is 2.39. The summed E-state index contributed by atoms with van der Waals surface area (Å²) < 4.78 is 5.51. The molecule has 0 unspecified atom stereocenters. The van der Waals surface area contributed by atoms with Crippen molar-refractivity contribution >= 4 is 11.8 Å². The fourth-order valence-corrected chi connectivity index (χ4v) is 3.03. The molecule has 1 aromatic carbocycles. The van der Waals surface area contributed by atoms with Crippen molar-refractivity contribution in [1.29, 1.82) is 0 Å². The van der Waals surface area contributed by atoms with Gasteiger partial charge in [-0.1, -0.05) is 18.2 Å². The molecule has 0 amide bonds. The molecule has 3 rings (SSSR count). The number of nitrogen functional groups attached to an aromatic ring is 1. The number of anilines is 2. The molecule has 1 fully saturated rings. The van der Waals surface area contributed by atoms with Crippen LogP contribution in [0.4, 0.5) is 11.8 Å². The van der Waals surface area contributed by atoms with Gasteiger partial charge in [-0.3, -0.25) is 0 Å². The summed E-state index contributed by atoms with van der Waals surface area (Å²) in [5.41, 5.74) is 7.89. The number of hydrogen-bond acceptors (Lipinski definition) is 5. The molecular formula is C16H20N4O. The fourth-order valence-electron chi connectivity index (χ4n) is 3.03. The number of nitrogens with two attached hydrogens (primary N) is 1. The molecule has 21 heavy (non-hydrogen) atoms. The van der Waals surface area contributed by atoms with E-state index in [1.54, 1.807) is 7.11 Å². The molecule has 0 aliphatic carbocycles. The third-order valence-electron chi connectivity index (χ3n) is 3.90. The lowest BCUT2D eigenvalue weighted by Gasteiger charge is -2.27. The van der Waals surface area contributed by atoms with Crippen molar-refractivity contribution in [2.75, 3.05) is 24.3 Å². The molecule has 5 heteroatoms. The molecule has 2 aromatic rings. The standard InChI is InChI=1S/C16H20N4O/c1-11-10-15(19-16(17)18-11)20-9-5-7-13(20)12-6-3-4-8-14(12)21-2/h3-4,6,8,10,13H,5,7,9H2,1-2H3,(H2,17,18,19)/t13-/m0/s1. The molecule has 0 spiro atoms. The Labute approximate surface area is 124 Å². The number of para-hydroxylation sites is 1. The van der Waals surface area contributed by atoms with E-state index in [0.717, 1.165) is 36.6 Å². The zero-order valence-electron chi connectivity index (χ0n) is 12.4. The summed E-state index contributed by atoms with van der Waals surface area (Å²) >= 11 is 0. The molecule has 1 saturated heterocycles. The van der Waals surface area contributed by atoms with Crippen LogP contribution in [0.5, 0.6) is 5.75 Å². The summed E-state index contributed by atoms with van der Waals surface area (Å²) in [6, 6.07) is 10.4. The smallest absolute Gasteiger partial charge is 0.222 e. The van der Waals surface area contributed by atoms with E-state index in [0.29, 0.717) is 5.95 Å². The normalized spacial score (nSPS) is 18.0. The zero-order valence-corrected chi connectivity index (χ0v) is 12.4. The molecular weight excluding hydrogens is 264 g/mol. The minimum atomic E-state index is 0.273. The van der Waals surface area contributed by atoms with Gasteiger partial charge in [-0.25, -0.2) is 4.98 Å². The Morgan fingerprint density at radius 2 is 2.10 bits per heavy atom. The summed E-state index contributed by atoms with van der Waals surface area (Å²) in [5.74, 6) is 2.15. The van der Waals surface area contributed by atoms with Gasteiger partial charge >= 0.3 is 0 Å². The largest absolute Gasteiger partial charge is 0.496 e. The average Bonchev–Trinajstić information content (AvgIpc) is 2.95. The van der Waals surface area contributed by atoms with Gasteiger partial charge in [0, 0.05) is 23.9 Å². The molecule has 5 nitrogen and oxygen atoms in total. The summed E-state index contributed by atoms with van der Waals surface area (Å²) in [6.07, 6.45) is 2.22. The van der Waals surface area contributed by atoms with E-state index in [1.807, 2.05) is 31.2 Å². The molecule has 0 radical (unpaired) electrons. The van der Waals surface area contributed by atoms with Gasteiger partial charge in [-0.2, -0.15) is 4.98 Å². The maximum atomic E-state index is 5.79. The number of rotatable bonds is 3. The molecule has 0 bridgehead atoms. The van der Waals surface area contributed by atoms with Gasteiger partial charge in [0.25, 0.3) is 0 Å². The van der Waals surface area contributed by atoms with Gasteiger partial charge in [0.15, 0.2) is 0 Å². The number of hydrogen-bond donors (Lipinski definition) is 1. The van der Waals surface area contributed by atoms with Crippen LogP contribution in [0.15, 0.2) is 30.3 Å². The van der Waals surface area contributed by atoms with Gasteiger partial charge in [-0.15, -0.1) is 0 Å². The van der Waals surface area contributed by atoms with Crippen molar-refractivity contribution in [2.24, 2.45) is 0 Å². The van der Waals surface area contributed by atoms with Crippen molar-refractivity contribution in [1.82, 2.24) is 9.97 Å². The predicted molar refractivity (Wildman–Crippen MR) is 83.5 cm³/mol. The van der Waals surface area contributed by atoms with Crippen LogP contribution >= 0.6 is 0 Å². The van der Waals surface area contributed by atoms with Crippen LogP contribution in [0.3, 0.4) is 0 Å². The van der Waals surface area contributed by atoms with Gasteiger partial charge in [0.1, 0.15) is 11.6 Å². The minimum absolute atomic E-state index is 0.273. The highest BCUT2D eigenvalue weighted by atomic mass is 16.5. The number of nitrogens with zero attached hydrogens (tertiary/aromatic N) is 3. The van der Waals surface area contributed by atoms with E-state index in [4.69, 9.17) is 10.5 Å². The third kappa shape index (κ3) is 2.63. The molecule has 1 aliphatic rings. The topological polar surface area (TPSA) is 64.3 Å². The molecule has 1 aliphatic heterocycles. The molecule has 1 aromatic heterocycles. The first-order chi connectivity index (χ1) is 10.2. The summed E-state index contributed by atoms with van der Waals surface area (Å²) in [7, 11) is 1.71. The van der Waals surface area contributed by atoms with E-state index in [9.17, 15) is 0 Å². The number of aryl methyl sites for hydroxylation is 1. The van der Waals surface area contributed by atoms with Crippen LogP contribution in [0.2, 0.25) is 0 Å². The van der Waals surface area contributed by atoms with E-state index in [1.165, 1.54) is 5.56 Å². The van der Waals surface area contributed by atoms with E-state index in [-0.39, 0.29) is 6.04 Å². The number of methoxy groups -OCH3 is 1. The molecule has 2 heterocycles. The van der Waals surface area contributed by atoms with Crippen molar-refractivity contribution < 1.29 is 4.74 Å². The molecule has 2 N–H and O–H groups in total. The predicted octanol–water partition coefficient (Wildman–Crippen LogP) is 2.72. The second kappa shape index (κ2) is 5.60. The van der Waals surface area contributed by atoms with E-state index in [2.05, 4.69) is 20.9 Å². The second-order valence-electron chi connectivity index (χ2n) is 5.32. The lowest BCUT2D eigenvalue weighted by atomic mass is 10.0. The summed E-state index contributed by atoms with van der Waals surface area (Å²) in [5, 5.41) is 0. The quantitative estimate of drug-likeness (QED) is 0.939. The van der Waals surface area contributed by atoms with Crippen molar-refractivity contribution in [3.8, 4) is 5.75 Å². The Balaban J connectivity index is 1.99. The van der Waals surface area contributed by atoms with Gasteiger partial charge < -0.3 is 15.4 Å². The number of ether oxygens (including phenoxy) is 1. The van der Waals surface area contributed by atoms with Gasteiger partial charge in [-0.05, 0) is 25.8 Å². The zero-order chi connectivity index (χ0) is 14.8. The average molecular weight is 284 g/mol. The molecule has 1 atom stereocenters. The first kappa shape index (κ1) is 13.7. The Morgan fingerprint density at radius 3 is 2.86 bits per heavy atom. The maximum absolute atomic E-state index is 5.79. The lowest BCUT2D eigenvalue weighted by Crippen LogP contribution is -2.24. The number of aromatic nitrogens is 2. The first-order valence-electron chi connectivity index (χ1n) is 7.20. The van der Waals surface area contributed by atoms with Crippen LogP contribution < -0.4 is 15.4 Å². The van der Waals surface area contributed by atoms with E-state index < -0.39 is 0 Å². The highest BCUT2D eigenvalue weighted by molar-refractivity contribution is 5.49.